The Balaban J connectivity index is 2.16. The molecule has 0 aliphatic carbocycles. The monoisotopic (exact) mass is 417 g/mol. The lowest BCUT2D eigenvalue weighted by atomic mass is 10.1. The molecule has 0 saturated carbocycles. The van der Waals surface area contributed by atoms with Gasteiger partial charge in [0.25, 0.3) is 5.91 Å². The summed E-state index contributed by atoms with van der Waals surface area (Å²) >= 11 is 1.23. The highest BCUT2D eigenvalue weighted by Crippen LogP contribution is 2.36. The van der Waals surface area contributed by atoms with Crippen molar-refractivity contribution in [1.29, 1.82) is 0 Å². The fourth-order valence-electron chi connectivity index (χ4n) is 2.39. The number of ketones is 1. The van der Waals surface area contributed by atoms with Gasteiger partial charge in [-0.1, -0.05) is 30.3 Å². The van der Waals surface area contributed by atoms with E-state index in [4.69, 9.17) is 9.47 Å². The first-order valence-corrected chi connectivity index (χ1v) is 9.99. The summed E-state index contributed by atoms with van der Waals surface area (Å²) in [5.74, 6) is -1.89. The third-order valence-corrected chi connectivity index (χ3v) is 4.98. The van der Waals surface area contributed by atoms with E-state index in [0.29, 0.717) is 5.00 Å². The third-order valence-electron chi connectivity index (χ3n) is 3.88. The van der Waals surface area contributed by atoms with Gasteiger partial charge in [0.15, 0.2) is 6.10 Å². The zero-order valence-corrected chi connectivity index (χ0v) is 17.3. The molecule has 154 valence electrons. The van der Waals surface area contributed by atoms with Crippen LogP contribution in [0, 0.1) is 0 Å². The van der Waals surface area contributed by atoms with Gasteiger partial charge in [0.1, 0.15) is 10.8 Å². The number of carbonyl (C=O) groups is 4. The van der Waals surface area contributed by atoms with E-state index in [0.717, 1.165) is 10.4 Å². The summed E-state index contributed by atoms with van der Waals surface area (Å²) in [6, 6.07) is 11.1. The molecule has 0 unspecified atom stereocenters. The van der Waals surface area contributed by atoms with Crippen LogP contribution in [0.1, 0.15) is 44.0 Å². The van der Waals surface area contributed by atoms with Crippen LogP contribution in [0.4, 0.5) is 5.00 Å². The lowest BCUT2D eigenvalue weighted by molar-refractivity contribution is -0.153. The van der Waals surface area contributed by atoms with Crippen LogP contribution in [-0.2, 0) is 23.9 Å². The smallest absolute Gasteiger partial charge is 0.341 e. The molecule has 0 radical (unpaired) electrons. The van der Waals surface area contributed by atoms with Gasteiger partial charge in [-0.25, -0.2) is 4.79 Å². The number of rotatable bonds is 9. The van der Waals surface area contributed by atoms with Crippen molar-refractivity contribution in [2.24, 2.45) is 0 Å². The van der Waals surface area contributed by atoms with Crippen LogP contribution in [0.3, 0.4) is 0 Å². The predicted octanol–water partition coefficient (Wildman–Crippen LogP) is 3.83. The maximum atomic E-state index is 12.5. The number of ether oxygens (including phenoxy) is 2. The van der Waals surface area contributed by atoms with Crippen molar-refractivity contribution in [3.8, 4) is 10.4 Å². The second-order valence-corrected chi connectivity index (χ2v) is 7.32. The molecule has 0 aliphatic rings. The zero-order valence-electron chi connectivity index (χ0n) is 16.5. The average molecular weight is 417 g/mol. The average Bonchev–Trinajstić information content (AvgIpc) is 3.11. The minimum Gasteiger partial charge on any atom is -0.462 e. The van der Waals surface area contributed by atoms with Crippen molar-refractivity contribution >= 4 is 40.0 Å². The Hall–Kier alpha value is -3.00. The number of nitrogens with one attached hydrogen (secondary N) is 1. The summed E-state index contributed by atoms with van der Waals surface area (Å²) in [6.07, 6.45) is -1.10. The molecule has 7 nitrogen and oxygen atoms in total. The summed E-state index contributed by atoms with van der Waals surface area (Å²) in [4.78, 5) is 48.2. The molecular formula is C21H23NO6S. The first kappa shape index (κ1) is 22.3. The van der Waals surface area contributed by atoms with Gasteiger partial charge in [0.05, 0.1) is 18.6 Å². The second kappa shape index (κ2) is 10.5. The topological polar surface area (TPSA) is 98.8 Å². The summed E-state index contributed by atoms with van der Waals surface area (Å²) in [6.45, 7) is 4.70. The molecule has 1 N–H and O–H groups in total. The Kier molecular flexibility index (Phi) is 8.09. The Morgan fingerprint density at radius 1 is 1.10 bits per heavy atom. The van der Waals surface area contributed by atoms with E-state index >= 15 is 0 Å². The molecule has 0 aliphatic heterocycles. The minimum absolute atomic E-state index is 0.0611. The maximum Gasteiger partial charge on any atom is 0.341 e. The summed E-state index contributed by atoms with van der Waals surface area (Å²) in [7, 11) is 0. The van der Waals surface area contributed by atoms with Gasteiger partial charge in [-0.05, 0) is 32.4 Å². The van der Waals surface area contributed by atoms with Gasteiger partial charge < -0.3 is 19.6 Å². The Labute approximate surface area is 173 Å². The lowest BCUT2D eigenvalue weighted by Crippen LogP contribution is -2.30. The fourth-order valence-corrected chi connectivity index (χ4v) is 3.44. The third kappa shape index (κ3) is 6.53. The largest absolute Gasteiger partial charge is 0.462 e. The quantitative estimate of drug-likeness (QED) is 0.623. The molecule has 29 heavy (non-hydrogen) atoms. The highest BCUT2D eigenvalue weighted by molar-refractivity contribution is 7.20. The van der Waals surface area contributed by atoms with E-state index < -0.39 is 23.9 Å². The molecule has 2 rings (SSSR count). The Morgan fingerprint density at radius 3 is 2.41 bits per heavy atom. The number of thiophene rings is 1. The van der Waals surface area contributed by atoms with Crippen LogP contribution in [0.15, 0.2) is 36.4 Å². The molecule has 1 amide bonds. The Morgan fingerprint density at radius 2 is 1.79 bits per heavy atom. The number of benzene rings is 1. The molecular weight excluding hydrogens is 394 g/mol. The van der Waals surface area contributed by atoms with E-state index in [1.54, 1.807) is 13.0 Å². The zero-order chi connectivity index (χ0) is 21.4. The number of esters is 2. The highest BCUT2D eigenvalue weighted by atomic mass is 32.1. The van der Waals surface area contributed by atoms with Crippen LogP contribution >= 0.6 is 11.3 Å². The lowest BCUT2D eigenvalue weighted by Gasteiger charge is -2.13. The molecule has 1 atom stereocenters. The first-order valence-electron chi connectivity index (χ1n) is 9.18. The van der Waals surface area contributed by atoms with Gasteiger partial charge in [0.2, 0.25) is 0 Å². The fraction of sp³-hybridized carbons (Fsp3) is 0.333. The van der Waals surface area contributed by atoms with Crippen molar-refractivity contribution < 1.29 is 28.7 Å². The standard InChI is InChI=1S/C21H23NO6S/c1-4-27-21(26)16-12-17(15-8-6-5-7-9-15)29-20(16)22-19(25)14(3)28-18(24)11-10-13(2)23/h5-9,12,14H,4,10-11H2,1-3H3,(H,22,25)/t14-/m0/s1. The molecule has 1 aromatic carbocycles. The van der Waals surface area contributed by atoms with Crippen molar-refractivity contribution in [2.45, 2.75) is 39.7 Å². The normalized spacial score (nSPS) is 11.4. The molecule has 0 bridgehead atoms. The molecule has 2 aromatic rings. The highest BCUT2D eigenvalue weighted by Gasteiger charge is 2.23. The van der Waals surface area contributed by atoms with Crippen molar-refractivity contribution in [2.75, 3.05) is 11.9 Å². The summed E-state index contributed by atoms with van der Waals surface area (Å²) in [5.41, 5.74) is 1.13. The number of hydrogen-bond acceptors (Lipinski definition) is 7. The molecule has 1 aromatic heterocycles. The van der Waals surface area contributed by atoms with Gasteiger partial charge in [-0.15, -0.1) is 11.3 Å². The number of Topliss-reactive ketones (excluding diaryl/α,β-unsaturated/α-hetero) is 1. The van der Waals surface area contributed by atoms with Crippen LogP contribution in [0.25, 0.3) is 10.4 Å². The second-order valence-electron chi connectivity index (χ2n) is 6.26. The molecule has 0 saturated heterocycles. The van der Waals surface area contributed by atoms with Gasteiger partial charge in [0, 0.05) is 11.3 Å². The number of carbonyl (C=O) groups excluding carboxylic acids is 4. The SMILES string of the molecule is CCOC(=O)c1cc(-c2ccccc2)sc1NC(=O)[C@H](C)OC(=O)CCC(C)=O. The number of hydrogen-bond donors (Lipinski definition) is 1. The molecule has 1 heterocycles. The van der Waals surface area contributed by atoms with E-state index in [-0.39, 0.29) is 30.8 Å². The van der Waals surface area contributed by atoms with Crippen LogP contribution in [-0.4, -0.2) is 36.3 Å². The van der Waals surface area contributed by atoms with Crippen LogP contribution < -0.4 is 5.32 Å². The predicted molar refractivity (Wildman–Crippen MR) is 110 cm³/mol. The summed E-state index contributed by atoms with van der Waals surface area (Å²) < 4.78 is 10.1. The van der Waals surface area contributed by atoms with Gasteiger partial charge in [-0.3, -0.25) is 9.59 Å². The number of anilines is 1. The van der Waals surface area contributed by atoms with Crippen molar-refractivity contribution in [3.63, 3.8) is 0 Å². The first-order chi connectivity index (χ1) is 13.8. The van der Waals surface area contributed by atoms with Gasteiger partial charge >= 0.3 is 11.9 Å². The molecule has 8 heteroatoms. The molecule has 0 spiro atoms. The van der Waals surface area contributed by atoms with Crippen molar-refractivity contribution in [1.82, 2.24) is 0 Å². The maximum absolute atomic E-state index is 12.5. The van der Waals surface area contributed by atoms with Crippen LogP contribution in [0.2, 0.25) is 0 Å². The molecule has 0 fully saturated rings. The van der Waals surface area contributed by atoms with Gasteiger partial charge in [-0.2, -0.15) is 0 Å². The van der Waals surface area contributed by atoms with E-state index in [2.05, 4.69) is 5.32 Å². The van der Waals surface area contributed by atoms with Crippen LogP contribution in [0.5, 0.6) is 0 Å². The van der Waals surface area contributed by atoms with Crippen molar-refractivity contribution in [3.05, 3.63) is 42.0 Å². The minimum atomic E-state index is -1.08. The van der Waals surface area contributed by atoms with E-state index in [1.165, 1.54) is 25.2 Å². The number of amides is 1. The summed E-state index contributed by atoms with van der Waals surface area (Å²) in [5, 5.41) is 2.96. The van der Waals surface area contributed by atoms with E-state index in [1.807, 2.05) is 30.3 Å². The van der Waals surface area contributed by atoms with E-state index in [9.17, 15) is 19.2 Å². The Bertz CT molecular complexity index is 890.